The Morgan fingerprint density at radius 2 is 1.70 bits per heavy atom. The predicted molar refractivity (Wildman–Crippen MR) is 75.0 cm³/mol. The molecule has 4 N–H and O–H groups in total. The number of carbonyl (C=O) groups excluding carboxylic acids is 1. The minimum atomic E-state index is -3.32. The summed E-state index contributed by atoms with van der Waals surface area (Å²) in [5.41, 5.74) is 0. The summed E-state index contributed by atoms with van der Waals surface area (Å²) in [5, 5.41) is 13.4. The third kappa shape index (κ3) is 11.7. The highest BCUT2D eigenvalue weighted by Crippen LogP contribution is 1.98. The van der Waals surface area contributed by atoms with Gasteiger partial charge in [-0.25, -0.2) is 17.9 Å². The van der Waals surface area contributed by atoms with Crippen LogP contribution in [0.5, 0.6) is 0 Å². The van der Waals surface area contributed by atoms with Crippen LogP contribution in [-0.4, -0.2) is 50.9 Å². The van der Waals surface area contributed by atoms with Crippen LogP contribution in [0.25, 0.3) is 0 Å². The summed E-state index contributed by atoms with van der Waals surface area (Å²) in [6.45, 7) is 2.48. The smallest absolute Gasteiger partial charge is 0.314 e. The van der Waals surface area contributed by atoms with Crippen molar-refractivity contribution in [3.63, 3.8) is 0 Å². The molecular formula is C11H23N3O5S. The first kappa shape index (κ1) is 18.7. The number of hydrogen-bond donors (Lipinski definition) is 4. The number of nitrogens with one attached hydrogen (secondary N) is 3. The Balaban J connectivity index is 3.53. The van der Waals surface area contributed by atoms with E-state index in [4.69, 9.17) is 5.11 Å². The average Bonchev–Trinajstić information content (AvgIpc) is 2.32. The van der Waals surface area contributed by atoms with Gasteiger partial charge in [-0.2, -0.15) is 0 Å². The third-order valence-corrected chi connectivity index (χ3v) is 3.84. The van der Waals surface area contributed by atoms with Crippen molar-refractivity contribution in [2.75, 3.05) is 25.4 Å². The van der Waals surface area contributed by atoms with Gasteiger partial charge in [0.05, 0.1) is 5.75 Å². The molecule has 2 amide bonds. The minimum Gasteiger partial charge on any atom is -0.481 e. The Hall–Kier alpha value is -1.35. The van der Waals surface area contributed by atoms with Crippen molar-refractivity contribution in [2.45, 2.75) is 32.6 Å². The van der Waals surface area contributed by atoms with Crippen molar-refractivity contribution >= 4 is 22.0 Å². The number of unbranched alkanes of at least 4 members (excludes halogenated alkanes) is 2. The molecule has 0 aliphatic heterocycles. The van der Waals surface area contributed by atoms with Gasteiger partial charge in [0.15, 0.2) is 0 Å². The molecule has 0 aromatic carbocycles. The summed E-state index contributed by atoms with van der Waals surface area (Å²) >= 11 is 0. The number of aliphatic carboxylic acids is 1. The molecule has 0 aliphatic carbocycles. The number of rotatable bonds is 11. The lowest BCUT2D eigenvalue weighted by atomic mass is 10.2. The molecular weight excluding hydrogens is 286 g/mol. The molecule has 8 nitrogen and oxygen atoms in total. The van der Waals surface area contributed by atoms with Crippen LogP contribution >= 0.6 is 0 Å². The van der Waals surface area contributed by atoms with Gasteiger partial charge in [0.25, 0.3) is 0 Å². The lowest BCUT2D eigenvalue weighted by Gasteiger charge is -2.08. The molecule has 0 heterocycles. The summed E-state index contributed by atoms with van der Waals surface area (Å²) in [5.74, 6) is -0.982. The van der Waals surface area contributed by atoms with Gasteiger partial charge in [-0.15, -0.1) is 0 Å². The minimum absolute atomic E-state index is 0.0418. The maximum atomic E-state index is 11.3. The molecule has 0 unspecified atom stereocenters. The normalized spacial score (nSPS) is 11.1. The van der Waals surface area contributed by atoms with E-state index in [1.165, 1.54) is 0 Å². The molecule has 0 aliphatic rings. The van der Waals surface area contributed by atoms with Gasteiger partial charge in [0.2, 0.25) is 10.0 Å². The third-order valence-electron chi connectivity index (χ3n) is 2.37. The fourth-order valence-corrected chi connectivity index (χ4v) is 2.39. The van der Waals surface area contributed by atoms with Gasteiger partial charge >= 0.3 is 12.0 Å². The molecule has 0 bridgehead atoms. The fraction of sp³-hybridized carbons (Fsp3) is 0.818. The standard InChI is InChI=1S/C11H23N3O5S/c1-2-14-20(18,19)9-8-13-11(17)12-7-5-3-4-6-10(15)16/h14H,2-9H2,1H3,(H,15,16)(H2,12,13,17). The van der Waals surface area contributed by atoms with Crippen LogP contribution in [0.3, 0.4) is 0 Å². The van der Waals surface area contributed by atoms with Gasteiger partial charge in [0, 0.05) is 26.1 Å². The molecule has 9 heteroatoms. The Bertz CT molecular complexity index is 397. The van der Waals surface area contributed by atoms with Crippen LogP contribution in [0.4, 0.5) is 4.79 Å². The molecule has 0 saturated heterocycles. The van der Waals surface area contributed by atoms with Crippen LogP contribution in [0, 0.1) is 0 Å². The number of hydrogen-bond acceptors (Lipinski definition) is 4. The van der Waals surface area contributed by atoms with E-state index >= 15 is 0 Å². The first-order chi connectivity index (χ1) is 9.37. The fourth-order valence-electron chi connectivity index (χ4n) is 1.43. The summed E-state index contributed by atoms with van der Waals surface area (Å²) in [7, 11) is -3.32. The maximum Gasteiger partial charge on any atom is 0.314 e. The van der Waals surface area contributed by atoms with Gasteiger partial charge in [-0.05, 0) is 12.8 Å². The van der Waals surface area contributed by atoms with E-state index in [2.05, 4.69) is 15.4 Å². The largest absolute Gasteiger partial charge is 0.481 e. The van der Waals surface area contributed by atoms with E-state index in [1.54, 1.807) is 6.92 Å². The Labute approximate surface area is 119 Å². The van der Waals surface area contributed by atoms with Crippen LogP contribution in [0.2, 0.25) is 0 Å². The summed E-state index contributed by atoms with van der Waals surface area (Å²) in [6.07, 6.45) is 2.13. The highest BCUT2D eigenvalue weighted by molar-refractivity contribution is 7.89. The van der Waals surface area contributed by atoms with Crippen LogP contribution in [0.1, 0.15) is 32.6 Å². The Morgan fingerprint density at radius 3 is 2.30 bits per heavy atom. The molecule has 0 radical (unpaired) electrons. The van der Waals surface area contributed by atoms with E-state index in [1.807, 2.05) is 0 Å². The molecule has 118 valence electrons. The van der Waals surface area contributed by atoms with Crippen molar-refractivity contribution in [2.24, 2.45) is 0 Å². The second-order valence-electron chi connectivity index (χ2n) is 4.20. The molecule has 0 atom stereocenters. The predicted octanol–water partition coefficient (Wildman–Crippen LogP) is -0.130. The molecule has 20 heavy (non-hydrogen) atoms. The van der Waals surface area contributed by atoms with Gasteiger partial charge in [-0.1, -0.05) is 13.3 Å². The SMILES string of the molecule is CCNS(=O)(=O)CCNC(=O)NCCCCCC(=O)O. The number of sulfonamides is 1. The van der Waals surface area contributed by atoms with Crippen molar-refractivity contribution < 1.29 is 23.1 Å². The zero-order chi connectivity index (χ0) is 15.4. The molecule has 0 rings (SSSR count). The van der Waals surface area contributed by atoms with Gasteiger partial charge in [0.1, 0.15) is 0 Å². The van der Waals surface area contributed by atoms with Crippen LogP contribution < -0.4 is 15.4 Å². The number of carboxylic acids is 1. The highest BCUT2D eigenvalue weighted by Gasteiger charge is 2.08. The number of carbonyl (C=O) groups is 2. The van der Waals surface area contributed by atoms with Gasteiger partial charge in [-0.3, -0.25) is 4.79 Å². The Morgan fingerprint density at radius 1 is 1.05 bits per heavy atom. The van der Waals surface area contributed by atoms with Crippen molar-refractivity contribution in [1.82, 2.24) is 15.4 Å². The van der Waals surface area contributed by atoms with Crippen molar-refractivity contribution in [3.05, 3.63) is 0 Å². The van der Waals surface area contributed by atoms with Crippen LogP contribution in [-0.2, 0) is 14.8 Å². The lowest BCUT2D eigenvalue weighted by molar-refractivity contribution is -0.137. The first-order valence-corrected chi connectivity index (χ1v) is 8.23. The van der Waals surface area contributed by atoms with Crippen molar-refractivity contribution in [3.8, 4) is 0 Å². The second kappa shape index (κ2) is 10.4. The maximum absolute atomic E-state index is 11.3. The summed E-state index contributed by atoms with van der Waals surface area (Å²) in [6, 6.07) is -0.421. The second-order valence-corrected chi connectivity index (χ2v) is 6.13. The van der Waals surface area contributed by atoms with E-state index in [9.17, 15) is 18.0 Å². The Kier molecular flexibility index (Phi) is 9.73. The molecule has 0 saturated carbocycles. The molecule has 0 spiro atoms. The average molecular weight is 309 g/mol. The molecule has 0 fully saturated rings. The highest BCUT2D eigenvalue weighted by atomic mass is 32.2. The number of amides is 2. The number of carboxylic acid groups (broad SMARTS) is 1. The quantitative estimate of drug-likeness (QED) is 0.396. The van der Waals surface area contributed by atoms with Crippen LogP contribution in [0.15, 0.2) is 0 Å². The van der Waals surface area contributed by atoms with E-state index in [0.717, 1.165) is 6.42 Å². The van der Waals surface area contributed by atoms with Gasteiger partial charge < -0.3 is 15.7 Å². The lowest BCUT2D eigenvalue weighted by Crippen LogP contribution is -2.40. The first-order valence-electron chi connectivity index (χ1n) is 6.58. The molecule has 0 aromatic heterocycles. The van der Waals surface area contributed by atoms with E-state index in [-0.39, 0.29) is 18.7 Å². The summed E-state index contributed by atoms with van der Waals surface area (Å²) in [4.78, 5) is 21.5. The number of urea groups is 1. The monoisotopic (exact) mass is 309 g/mol. The molecule has 0 aromatic rings. The summed E-state index contributed by atoms with van der Waals surface area (Å²) < 4.78 is 24.9. The van der Waals surface area contributed by atoms with E-state index in [0.29, 0.717) is 25.9 Å². The zero-order valence-electron chi connectivity index (χ0n) is 11.6. The zero-order valence-corrected chi connectivity index (χ0v) is 12.5. The van der Waals surface area contributed by atoms with E-state index < -0.39 is 22.0 Å². The van der Waals surface area contributed by atoms with Crippen molar-refractivity contribution in [1.29, 1.82) is 0 Å². The topological polar surface area (TPSA) is 125 Å².